The lowest BCUT2D eigenvalue weighted by atomic mass is 9.58. The Morgan fingerprint density at radius 1 is 0.575 bits per heavy atom. The van der Waals surface area contributed by atoms with Crippen LogP contribution in [0.3, 0.4) is 0 Å². The van der Waals surface area contributed by atoms with Crippen molar-refractivity contribution >= 4 is 5.97 Å². The molecule has 4 aromatic rings. The zero-order chi connectivity index (χ0) is 28.3. The molecule has 0 saturated carbocycles. The third-order valence-corrected chi connectivity index (χ3v) is 8.18. The number of carbonyl (C=O) groups excluding carboxylic acids is 1. The Kier molecular flexibility index (Phi) is 7.62. The van der Waals surface area contributed by atoms with Crippen molar-refractivity contribution < 1.29 is 30.0 Å². The number of benzene rings is 4. The monoisotopic (exact) mass is 538 g/mol. The van der Waals surface area contributed by atoms with Gasteiger partial charge < -0.3 is 25.2 Å². The molecule has 6 heteroatoms. The number of carbonyl (C=O) groups is 1. The van der Waals surface area contributed by atoms with Crippen LogP contribution < -0.4 is 0 Å². The van der Waals surface area contributed by atoms with Crippen LogP contribution in [-0.2, 0) is 35.2 Å². The van der Waals surface area contributed by atoms with Crippen LogP contribution in [0.5, 0.6) is 0 Å². The van der Waals surface area contributed by atoms with Crippen LogP contribution in [0.25, 0.3) is 0 Å². The quantitative estimate of drug-likeness (QED) is 0.206. The van der Waals surface area contributed by atoms with E-state index < -0.39 is 35.0 Å². The van der Waals surface area contributed by atoms with E-state index in [-0.39, 0.29) is 25.7 Å². The fourth-order valence-corrected chi connectivity index (χ4v) is 5.89. The van der Waals surface area contributed by atoms with Crippen molar-refractivity contribution in [1.29, 1.82) is 0 Å². The normalized spacial score (nSPS) is 20.9. The number of rotatable bonds is 12. The first kappa shape index (κ1) is 27.7. The van der Waals surface area contributed by atoms with Crippen molar-refractivity contribution in [2.75, 3.05) is 6.61 Å². The van der Waals surface area contributed by atoms with Gasteiger partial charge in [0, 0.05) is 25.7 Å². The van der Waals surface area contributed by atoms with Gasteiger partial charge in [0.2, 0.25) is 5.60 Å². The summed E-state index contributed by atoms with van der Waals surface area (Å²) in [6.07, 6.45) is -0.679. The summed E-state index contributed by atoms with van der Waals surface area (Å²) >= 11 is 0. The van der Waals surface area contributed by atoms with E-state index in [1.54, 1.807) is 72.8 Å². The fraction of sp³-hybridized carbons (Fsp3) is 0.265. The van der Waals surface area contributed by atoms with Gasteiger partial charge in [-0.3, -0.25) is 0 Å². The Morgan fingerprint density at radius 3 is 1.35 bits per heavy atom. The summed E-state index contributed by atoms with van der Waals surface area (Å²) in [6, 6.07) is 36.0. The molecule has 6 nitrogen and oxygen atoms in total. The minimum Gasteiger partial charge on any atom is -0.440 e. The van der Waals surface area contributed by atoms with Gasteiger partial charge in [-0.15, -0.1) is 0 Å². The molecular weight excluding hydrogens is 504 g/mol. The maximum Gasteiger partial charge on any atom is 0.355 e. The maximum absolute atomic E-state index is 13.3. The summed E-state index contributed by atoms with van der Waals surface area (Å²) in [5.41, 5.74) is -6.35. The first-order valence-corrected chi connectivity index (χ1v) is 13.4. The molecule has 4 aromatic carbocycles. The van der Waals surface area contributed by atoms with E-state index in [4.69, 9.17) is 4.74 Å². The highest BCUT2D eigenvalue weighted by Crippen LogP contribution is 2.54. The Morgan fingerprint density at radius 2 is 0.950 bits per heavy atom. The van der Waals surface area contributed by atoms with Crippen molar-refractivity contribution in [2.24, 2.45) is 0 Å². The van der Waals surface area contributed by atoms with Crippen molar-refractivity contribution in [1.82, 2.24) is 0 Å². The largest absolute Gasteiger partial charge is 0.440 e. The van der Waals surface area contributed by atoms with Crippen molar-refractivity contribution in [2.45, 2.75) is 48.1 Å². The Labute approximate surface area is 234 Å². The second-order valence-corrected chi connectivity index (χ2v) is 10.8. The first-order valence-electron chi connectivity index (χ1n) is 13.4. The second kappa shape index (κ2) is 11.0. The molecule has 1 heterocycles. The average Bonchev–Trinajstić information content (AvgIpc) is 3.64. The van der Waals surface area contributed by atoms with Gasteiger partial charge in [-0.05, 0) is 22.3 Å². The summed E-state index contributed by atoms with van der Waals surface area (Å²) < 4.78 is 5.68. The van der Waals surface area contributed by atoms with E-state index in [2.05, 4.69) is 0 Å². The number of epoxide rings is 1. The van der Waals surface area contributed by atoms with Crippen molar-refractivity contribution in [3.8, 4) is 0 Å². The number of hydrogen-bond donors (Lipinski definition) is 4. The van der Waals surface area contributed by atoms with Crippen molar-refractivity contribution in [3.05, 3.63) is 144 Å². The molecule has 1 saturated heterocycles. The van der Waals surface area contributed by atoms with Gasteiger partial charge in [0.25, 0.3) is 0 Å². The predicted octanol–water partition coefficient (Wildman–Crippen LogP) is 3.44. The van der Waals surface area contributed by atoms with Gasteiger partial charge in [-0.25, -0.2) is 4.79 Å². The Balaban J connectivity index is 1.72. The standard InChI is InChI=1S/C34H34O6/c35-25-31(37,21-26-13-5-1-6-14-26)33(38,23-28-17-9-3-10-18-28)34(39,24-29-19-11-4-12-20-29)32(30(36)40-32)22-27-15-7-2-8-16-27/h1-20,35,37-39H,21-25H2. The lowest BCUT2D eigenvalue weighted by Gasteiger charge is -2.53. The third-order valence-electron chi connectivity index (χ3n) is 8.18. The summed E-state index contributed by atoms with van der Waals surface area (Å²) in [5, 5.41) is 48.9. The molecule has 0 aromatic heterocycles. The lowest BCUT2D eigenvalue weighted by molar-refractivity contribution is -0.274. The molecule has 4 N–H and O–H groups in total. The molecule has 206 valence electrons. The van der Waals surface area contributed by atoms with Crippen LogP contribution >= 0.6 is 0 Å². The maximum atomic E-state index is 13.3. The van der Waals surface area contributed by atoms with Gasteiger partial charge in [-0.1, -0.05) is 121 Å². The molecule has 0 spiro atoms. The minimum absolute atomic E-state index is 0.0278. The van der Waals surface area contributed by atoms with E-state index in [9.17, 15) is 25.2 Å². The molecule has 0 amide bonds. The highest BCUT2D eigenvalue weighted by Gasteiger charge is 2.80. The Bertz CT molecular complexity index is 1410. The van der Waals surface area contributed by atoms with Crippen LogP contribution in [0.15, 0.2) is 121 Å². The topological polar surface area (TPSA) is 111 Å². The lowest BCUT2D eigenvalue weighted by Crippen LogP contribution is -2.76. The minimum atomic E-state index is -2.46. The SMILES string of the molecule is O=C1OC1(Cc1ccccc1)C(O)(Cc1ccccc1)C(O)(Cc1ccccc1)C(O)(CO)Cc1ccccc1. The van der Waals surface area contributed by atoms with Crippen LogP contribution in [0.2, 0.25) is 0 Å². The van der Waals surface area contributed by atoms with Gasteiger partial charge in [0.15, 0.2) is 5.60 Å². The molecule has 0 bridgehead atoms. The molecule has 1 aliphatic heterocycles. The zero-order valence-corrected chi connectivity index (χ0v) is 22.2. The van der Waals surface area contributed by atoms with E-state index in [0.717, 1.165) is 5.56 Å². The summed E-state index contributed by atoms with van der Waals surface area (Å²) in [4.78, 5) is 13.3. The fourth-order valence-electron chi connectivity index (χ4n) is 5.89. The van der Waals surface area contributed by atoms with E-state index in [0.29, 0.717) is 16.7 Å². The van der Waals surface area contributed by atoms with Crippen molar-refractivity contribution in [3.63, 3.8) is 0 Å². The molecule has 0 aliphatic carbocycles. The molecule has 1 aliphatic rings. The zero-order valence-electron chi connectivity index (χ0n) is 22.2. The molecule has 5 rings (SSSR count). The average molecular weight is 539 g/mol. The highest BCUT2D eigenvalue weighted by atomic mass is 16.7. The summed E-state index contributed by atoms with van der Waals surface area (Å²) in [7, 11) is 0. The predicted molar refractivity (Wildman–Crippen MR) is 151 cm³/mol. The second-order valence-electron chi connectivity index (χ2n) is 10.8. The van der Waals surface area contributed by atoms with Crippen LogP contribution in [0.1, 0.15) is 22.3 Å². The van der Waals surface area contributed by atoms with Gasteiger partial charge in [0.05, 0.1) is 6.61 Å². The van der Waals surface area contributed by atoms with Crippen LogP contribution in [-0.4, -0.2) is 55.4 Å². The third kappa shape index (κ3) is 4.95. The molecule has 4 unspecified atom stereocenters. The summed E-state index contributed by atoms with van der Waals surface area (Å²) in [6.45, 7) is -0.877. The van der Waals surface area contributed by atoms with Gasteiger partial charge >= 0.3 is 5.97 Å². The molecule has 40 heavy (non-hydrogen) atoms. The smallest absolute Gasteiger partial charge is 0.355 e. The van der Waals surface area contributed by atoms with E-state index in [1.807, 2.05) is 48.5 Å². The highest BCUT2D eigenvalue weighted by molar-refractivity contribution is 5.95. The summed E-state index contributed by atoms with van der Waals surface area (Å²) in [5.74, 6) is -0.679. The number of aliphatic hydroxyl groups excluding tert-OH is 1. The number of hydrogen-bond acceptors (Lipinski definition) is 6. The first-order chi connectivity index (χ1) is 19.3. The van der Waals surface area contributed by atoms with E-state index >= 15 is 0 Å². The Hall–Kier alpha value is -3.81. The molecule has 0 radical (unpaired) electrons. The van der Waals surface area contributed by atoms with Crippen LogP contribution in [0, 0.1) is 0 Å². The van der Waals surface area contributed by atoms with Gasteiger partial charge in [-0.2, -0.15) is 0 Å². The number of ether oxygens (including phenoxy) is 1. The van der Waals surface area contributed by atoms with Crippen LogP contribution in [0.4, 0.5) is 0 Å². The number of aliphatic hydroxyl groups is 4. The van der Waals surface area contributed by atoms with Gasteiger partial charge in [0.1, 0.15) is 11.2 Å². The molecular formula is C34H34O6. The van der Waals surface area contributed by atoms with E-state index in [1.165, 1.54) is 0 Å². The number of cyclic esters (lactones) is 1. The molecule has 4 atom stereocenters. The molecule has 1 fully saturated rings.